The number of carbonyl (C=O) groups excluding carboxylic acids is 1. The molecule has 1 aromatic heterocycles. The summed E-state index contributed by atoms with van der Waals surface area (Å²) in [5.41, 5.74) is 7.69. The highest BCUT2D eigenvalue weighted by molar-refractivity contribution is 7.14. The van der Waals surface area contributed by atoms with Crippen LogP contribution in [0.15, 0.2) is 57.1 Å². The van der Waals surface area contributed by atoms with Crippen LogP contribution in [0.25, 0.3) is 11.3 Å². The molecular weight excluding hydrogens is 394 g/mol. The SMILES string of the molecule is CC1=NN(c2nc(-c3ccc(C)cc3)cs2)C(=O)[C@H]1N=Nc1c(C)cc(C)cc1C. The van der Waals surface area contributed by atoms with Gasteiger partial charge in [-0.15, -0.1) is 11.3 Å². The zero-order valence-electron chi connectivity index (χ0n) is 17.7. The number of rotatable bonds is 4. The molecule has 6 nitrogen and oxygen atoms in total. The van der Waals surface area contributed by atoms with Crippen LogP contribution in [0, 0.1) is 27.7 Å². The molecule has 0 saturated carbocycles. The van der Waals surface area contributed by atoms with E-state index in [4.69, 9.17) is 0 Å². The predicted molar refractivity (Wildman–Crippen MR) is 122 cm³/mol. The van der Waals surface area contributed by atoms with Crippen molar-refractivity contribution >= 4 is 33.8 Å². The molecule has 1 amide bonds. The highest BCUT2D eigenvalue weighted by Crippen LogP contribution is 2.31. The highest BCUT2D eigenvalue weighted by atomic mass is 32.1. The number of thiazole rings is 1. The van der Waals surface area contributed by atoms with E-state index in [-0.39, 0.29) is 5.91 Å². The number of aryl methyl sites for hydroxylation is 4. The normalized spacial score (nSPS) is 16.6. The molecule has 1 aliphatic rings. The summed E-state index contributed by atoms with van der Waals surface area (Å²) in [5, 5.41) is 17.0. The van der Waals surface area contributed by atoms with E-state index in [1.807, 2.05) is 50.4 Å². The predicted octanol–water partition coefficient (Wildman–Crippen LogP) is 5.92. The van der Waals surface area contributed by atoms with Crippen molar-refractivity contribution in [3.63, 3.8) is 0 Å². The van der Waals surface area contributed by atoms with Gasteiger partial charge in [0, 0.05) is 10.9 Å². The zero-order valence-corrected chi connectivity index (χ0v) is 18.5. The maximum atomic E-state index is 13.0. The first kappa shape index (κ1) is 20.1. The largest absolute Gasteiger partial charge is 0.282 e. The van der Waals surface area contributed by atoms with Crippen LogP contribution in [0.1, 0.15) is 29.2 Å². The van der Waals surface area contributed by atoms with Gasteiger partial charge in [0.1, 0.15) is 0 Å². The van der Waals surface area contributed by atoms with Gasteiger partial charge in [0.05, 0.1) is 17.1 Å². The maximum Gasteiger partial charge on any atom is 0.282 e. The van der Waals surface area contributed by atoms with E-state index in [2.05, 4.69) is 39.4 Å². The van der Waals surface area contributed by atoms with Crippen molar-refractivity contribution < 1.29 is 4.79 Å². The van der Waals surface area contributed by atoms with Gasteiger partial charge in [-0.05, 0) is 45.7 Å². The average molecular weight is 418 g/mol. The number of hydrazone groups is 1. The second-order valence-corrected chi connectivity index (χ2v) is 8.47. The summed E-state index contributed by atoms with van der Waals surface area (Å²) in [4.78, 5) is 17.6. The first-order valence-electron chi connectivity index (χ1n) is 9.74. The summed E-state index contributed by atoms with van der Waals surface area (Å²) in [7, 11) is 0. The van der Waals surface area contributed by atoms with Gasteiger partial charge in [-0.25, -0.2) is 4.98 Å². The molecule has 7 heteroatoms. The molecule has 0 radical (unpaired) electrons. The van der Waals surface area contributed by atoms with Gasteiger partial charge >= 0.3 is 0 Å². The molecule has 0 fully saturated rings. The number of anilines is 1. The Hall–Kier alpha value is -3.19. The third-order valence-corrected chi connectivity index (χ3v) is 5.84. The number of hydrogen-bond acceptors (Lipinski definition) is 6. The number of azo groups is 1. The van der Waals surface area contributed by atoms with Gasteiger partial charge in [-0.1, -0.05) is 47.5 Å². The van der Waals surface area contributed by atoms with Crippen LogP contribution < -0.4 is 5.01 Å². The monoisotopic (exact) mass is 417 g/mol. The fourth-order valence-corrected chi connectivity index (χ4v) is 4.28. The Kier molecular flexibility index (Phi) is 5.30. The van der Waals surface area contributed by atoms with Gasteiger partial charge in [0.25, 0.3) is 5.91 Å². The summed E-state index contributed by atoms with van der Waals surface area (Å²) < 4.78 is 0. The number of carbonyl (C=O) groups is 1. The number of amides is 1. The minimum Gasteiger partial charge on any atom is -0.269 e. The second-order valence-electron chi connectivity index (χ2n) is 7.64. The van der Waals surface area contributed by atoms with Crippen molar-refractivity contribution in [2.45, 2.75) is 40.7 Å². The molecule has 1 aliphatic heterocycles. The lowest BCUT2D eigenvalue weighted by molar-refractivity contribution is -0.117. The molecule has 30 heavy (non-hydrogen) atoms. The van der Waals surface area contributed by atoms with Crippen LogP contribution in [0.2, 0.25) is 0 Å². The smallest absolute Gasteiger partial charge is 0.269 e. The Balaban J connectivity index is 1.56. The van der Waals surface area contributed by atoms with E-state index in [1.165, 1.54) is 27.5 Å². The summed E-state index contributed by atoms with van der Waals surface area (Å²) in [6.45, 7) is 9.89. The van der Waals surface area contributed by atoms with E-state index in [9.17, 15) is 4.79 Å². The van der Waals surface area contributed by atoms with E-state index < -0.39 is 6.04 Å². The van der Waals surface area contributed by atoms with Gasteiger partial charge in [-0.3, -0.25) is 4.79 Å². The molecule has 2 aromatic carbocycles. The molecule has 0 spiro atoms. The van der Waals surface area contributed by atoms with Gasteiger partial charge in [-0.2, -0.15) is 20.3 Å². The molecule has 152 valence electrons. The maximum absolute atomic E-state index is 13.0. The fraction of sp³-hybridized carbons (Fsp3) is 0.261. The molecule has 0 bridgehead atoms. The quantitative estimate of drug-likeness (QED) is 0.494. The summed E-state index contributed by atoms with van der Waals surface area (Å²) >= 11 is 1.39. The first-order chi connectivity index (χ1) is 14.3. The van der Waals surface area contributed by atoms with E-state index in [0.29, 0.717) is 10.8 Å². The van der Waals surface area contributed by atoms with Crippen LogP contribution >= 0.6 is 11.3 Å². The number of aromatic nitrogens is 1. The van der Waals surface area contributed by atoms with Crippen LogP contribution in [-0.2, 0) is 4.79 Å². The third kappa shape index (κ3) is 3.80. The lowest BCUT2D eigenvalue weighted by Gasteiger charge is -2.09. The lowest BCUT2D eigenvalue weighted by atomic mass is 10.1. The van der Waals surface area contributed by atoms with Crippen molar-refractivity contribution in [1.29, 1.82) is 0 Å². The summed E-state index contributed by atoms with van der Waals surface area (Å²) in [5.74, 6) is -0.233. The van der Waals surface area contributed by atoms with Gasteiger partial charge < -0.3 is 0 Å². The topological polar surface area (TPSA) is 70.3 Å². The molecule has 1 atom stereocenters. The van der Waals surface area contributed by atoms with Crippen LogP contribution in [-0.4, -0.2) is 22.6 Å². The minimum atomic E-state index is -0.725. The lowest BCUT2D eigenvalue weighted by Crippen LogP contribution is -2.29. The summed E-state index contributed by atoms with van der Waals surface area (Å²) in [6.07, 6.45) is 0. The van der Waals surface area contributed by atoms with Crippen LogP contribution in [0.4, 0.5) is 10.8 Å². The van der Waals surface area contributed by atoms with Crippen molar-refractivity contribution in [3.8, 4) is 11.3 Å². The van der Waals surface area contributed by atoms with E-state index >= 15 is 0 Å². The Bertz CT molecular complexity index is 1150. The van der Waals surface area contributed by atoms with Gasteiger partial charge in [0.2, 0.25) is 5.13 Å². The molecule has 0 saturated heterocycles. The van der Waals surface area contributed by atoms with Crippen molar-refractivity contribution in [2.24, 2.45) is 15.3 Å². The first-order valence-corrected chi connectivity index (χ1v) is 10.6. The number of benzene rings is 2. The van der Waals surface area contributed by atoms with Crippen LogP contribution in [0.3, 0.4) is 0 Å². The Morgan fingerprint density at radius 3 is 2.30 bits per heavy atom. The molecular formula is C23H23N5OS. The number of hydrogen-bond donors (Lipinski definition) is 0. The molecule has 0 unspecified atom stereocenters. The molecule has 2 heterocycles. The molecule has 3 aromatic rings. The van der Waals surface area contributed by atoms with E-state index in [0.717, 1.165) is 28.1 Å². The van der Waals surface area contributed by atoms with Crippen LogP contribution in [0.5, 0.6) is 0 Å². The Labute approximate surface area is 180 Å². The molecule has 4 rings (SSSR count). The molecule has 0 N–H and O–H groups in total. The van der Waals surface area contributed by atoms with Crippen molar-refractivity contribution in [2.75, 3.05) is 5.01 Å². The van der Waals surface area contributed by atoms with E-state index in [1.54, 1.807) is 6.92 Å². The second kappa shape index (κ2) is 7.91. The summed E-state index contributed by atoms with van der Waals surface area (Å²) in [6, 6.07) is 11.5. The Morgan fingerprint density at radius 1 is 0.967 bits per heavy atom. The average Bonchev–Trinajstić information content (AvgIpc) is 3.27. The zero-order chi connectivity index (χ0) is 21.4. The van der Waals surface area contributed by atoms with Gasteiger partial charge in [0.15, 0.2) is 6.04 Å². The third-order valence-electron chi connectivity index (χ3n) is 5.03. The highest BCUT2D eigenvalue weighted by Gasteiger charge is 2.36. The molecule has 0 aliphatic carbocycles. The number of nitrogens with zero attached hydrogens (tertiary/aromatic N) is 5. The van der Waals surface area contributed by atoms with Crippen molar-refractivity contribution in [3.05, 3.63) is 64.0 Å². The standard InChI is InChI=1S/C23H23N5OS/c1-13-6-8-18(9-7-13)19-12-30-23(24-19)28-22(29)21(17(5)27-28)26-25-20-15(3)10-14(2)11-16(20)4/h6-12,21H,1-5H3/t21-/m0/s1. The minimum absolute atomic E-state index is 0.233. The Morgan fingerprint density at radius 2 is 1.63 bits per heavy atom. The fourth-order valence-electron chi connectivity index (χ4n) is 3.49. The van der Waals surface area contributed by atoms with Crippen molar-refractivity contribution in [1.82, 2.24) is 4.98 Å².